The van der Waals surface area contributed by atoms with Gasteiger partial charge in [-0.2, -0.15) is 4.98 Å². The lowest BCUT2D eigenvalue weighted by Gasteiger charge is -2.07. The smallest absolute Gasteiger partial charge is 0.279 e. The van der Waals surface area contributed by atoms with E-state index in [2.05, 4.69) is 15.1 Å². The molecular weight excluding hydrogens is 375 g/mol. The molecule has 24 heavy (non-hydrogen) atoms. The molecule has 126 valence electrons. The van der Waals surface area contributed by atoms with E-state index in [0.717, 1.165) is 24.3 Å². The van der Waals surface area contributed by atoms with Gasteiger partial charge in [0.2, 0.25) is 5.82 Å². The molecule has 0 bridgehead atoms. The highest BCUT2D eigenvalue weighted by Crippen LogP contribution is 2.37. The Hall–Kier alpha value is -1.76. The van der Waals surface area contributed by atoms with Crippen LogP contribution in [0.2, 0.25) is 0 Å². The van der Waals surface area contributed by atoms with Gasteiger partial charge in [-0.3, -0.25) is 0 Å². The number of aryl methyl sites for hydroxylation is 1. The Bertz CT molecular complexity index is 767. The molecule has 3 rings (SSSR count). The topological polar surface area (TPSA) is 66.0 Å². The SMILES string of the molecule is ClC(Cl)(Cl)c1nc(-c2ccc(OCCCn3ccnc3)cc2)no1. The van der Waals surface area contributed by atoms with Crippen LogP contribution in [-0.4, -0.2) is 26.3 Å². The van der Waals surface area contributed by atoms with Crippen LogP contribution >= 0.6 is 34.8 Å². The molecule has 1 aromatic carbocycles. The van der Waals surface area contributed by atoms with Gasteiger partial charge in [0.25, 0.3) is 9.68 Å². The van der Waals surface area contributed by atoms with Crippen molar-refractivity contribution in [3.63, 3.8) is 0 Å². The van der Waals surface area contributed by atoms with Gasteiger partial charge in [-0.1, -0.05) is 40.0 Å². The maximum Gasteiger partial charge on any atom is 0.279 e. The molecule has 6 nitrogen and oxygen atoms in total. The summed E-state index contributed by atoms with van der Waals surface area (Å²) in [6.07, 6.45) is 6.34. The number of aromatic nitrogens is 4. The van der Waals surface area contributed by atoms with Crippen LogP contribution < -0.4 is 4.74 Å². The van der Waals surface area contributed by atoms with Crippen LogP contribution in [-0.2, 0) is 10.3 Å². The second-order valence-corrected chi connectivity index (χ2v) is 7.23. The van der Waals surface area contributed by atoms with Gasteiger partial charge >= 0.3 is 0 Å². The van der Waals surface area contributed by atoms with E-state index in [-0.39, 0.29) is 5.89 Å². The zero-order valence-electron chi connectivity index (χ0n) is 12.4. The number of alkyl halides is 3. The third-order valence-electron chi connectivity index (χ3n) is 3.17. The summed E-state index contributed by atoms with van der Waals surface area (Å²) in [6.45, 7) is 1.47. The van der Waals surface area contributed by atoms with Gasteiger partial charge in [-0.15, -0.1) is 0 Å². The molecule has 2 heterocycles. The second-order valence-electron chi connectivity index (χ2n) is 4.95. The van der Waals surface area contributed by atoms with Crippen LogP contribution in [0.4, 0.5) is 0 Å². The lowest BCUT2D eigenvalue weighted by molar-refractivity contribution is 0.302. The summed E-state index contributed by atoms with van der Waals surface area (Å²) in [5.74, 6) is 1.04. The zero-order valence-corrected chi connectivity index (χ0v) is 14.7. The molecule has 0 atom stereocenters. The molecule has 0 saturated carbocycles. The Morgan fingerprint density at radius 2 is 1.96 bits per heavy atom. The van der Waals surface area contributed by atoms with Gasteiger partial charge in [-0.25, -0.2) is 4.98 Å². The molecule has 0 amide bonds. The predicted octanol–water partition coefficient (Wildman–Crippen LogP) is 4.23. The molecule has 0 N–H and O–H groups in total. The molecule has 0 aliphatic heterocycles. The van der Waals surface area contributed by atoms with Crippen molar-refractivity contribution in [2.45, 2.75) is 16.8 Å². The van der Waals surface area contributed by atoms with Gasteiger partial charge in [0.1, 0.15) is 5.75 Å². The Labute approximate surface area is 153 Å². The number of nitrogens with zero attached hydrogens (tertiary/aromatic N) is 4. The third-order valence-corrected chi connectivity index (χ3v) is 3.65. The van der Waals surface area contributed by atoms with Crippen LogP contribution in [0.15, 0.2) is 47.5 Å². The number of ether oxygens (including phenoxy) is 1. The van der Waals surface area contributed by atoms with Crippen molar-refractivity contribution < 1.29 is 9.26 Å². The number of hydrogen-bond donors (Lipinski definition) is 0. The van der Waals surface area contributed by atoms with Crippen molar-refractivity contribution in [2.24, 2.45) is 0 Å². The number of hydrogen-bond acceptors (Lipinski definition) is 5. The summed E-state index contributed by atoms with van der Waals surface area (Å²) in [6, 6.07) is 7.30. The first-order chi connectivity index (χ1) is 11.5. The van der Waals surface area contributed by atoms with Crippen LogP contribution in [0.25, 0.3) is 11.4 Å². The highest BCUT2D eigenvalue weighted by Gasteiger charge is 2.30. The quantitative estimate of drug-likeness (QED) is 0.468. The Morgan fingerprint density at radius 1 is 1.17 bits per heavy atom. The maximum atomic E-state index is 5.70. The Morgan fingerprint density at radius 3 is 2.58 bits per heavy atom. The number of benzene rings is 1. The number of imidazole rings is 1. The van der Waals surface area contributed by atoms with Crippen molar-refractivity contribution in [2.75, 3.05) is 6.61 Å². The maximum absolute atomic E-state index is 5.70. The fraction of sp³-hybridized carbons (Fsp3) is 0.267. The first kappa shape index (κ1) is 17.1. The molecule has 0 unspecified atom stereocenters. The van der Waals surface area contributed by atoms with E-state index in [1.165, 1.54) is 0 Å². The average Bonchev–Trinajstić information content (AvgIpc) is 3.23. The van der Waals surface area contributed by atoms with Crippen LogP contribution in [0.1, 0.15) is 12.3 Å². The number of rotatable bonds is 6. The van der Waals surface area contributed by atoms with Crippen molar-refractivity contribution in [3.8, 4) is 17.1 Å². The molecule has 2 aromatic heterocycles. The molecular formula is C15H13Cl3N4O2. The molecule has 3 aromatic rings. The first-order valence-corrected chi connectivity index (χ1v) is 8.25. The Kier molecular flexibility index (Phi) is 5.28. The summed E-state index contributed by atoms with van der Waals surface area (Å²) in [5.41, 5.74) is 0.741. The summed E-state index contributed by atoms with van der Waals surface area (Å²) in [5, 5.41) is 3.80. The van der Waals surface area contributed by atoms with E-state index < -0.39 is 3.79 Å². The zero-order chi connectivity index (χ0) is 17.0. The van der Waals surface area contributed by atoms with E-state index >= 15 is 0 Å². The van der Waals surface area contributed by atoms with E-state index in [1.807, 2.05) is 35.0 Å². The summed E-state index contributed by atoms with van der Waals surface area (Å²) in [4.78, 5) is 8.05. The van der Waals surface area contributed by atoms with Crippen molar-refractivity contribution >= 4 is 34.8 Å². The first-order valence-electron chi connectivity index (χ1n) is 7.12. The lowest BCUT2D eigenvalue weighted by Crippen LogP contribution is -2.03. The standard InChI is InChI=1S/C15H13Cl3N4O2/c16-15(17,18)14-20-13(21-24-14)11-2-4-12(5-3-11)23-9-1-7-22-8-6-19-10-22/h2-6,8,10H,1,7,9H2. The highest BCUT2D eigenvalue weighted by atomic mass is 35.6. The van der Waals surface area contributed by atoms with Crippen molar-refractivity contribution in [1.82, 2.24) is 19.7 Å². The minimum atomic E-state index is -1.73. The summed E-state index contributed by atoms with van der Waals surface area (Å²) < 4.78 is 10.9. The molecule has 0 saturated heterocycles. The number of halogens is 3. The summed E-state index contributed by atoms with van der Waals surface area (Å²) >= 11 is 17.1. The lowest BCUT2D eigenvalue weighted by atomic mass is 10.2. The molecule has 9 heteroatoms. The second kappa shape index (κ2) is 7.42. The summed E-state index contributed by atoms with van der Waals surface area (Å²) in [7, 11) is 0. The van der Waals surface area contributed by atoms with Gasteiger partial charge < -0.3 is 13.8 Å². The molecule has 0 spiro atoms. The molecule has 0 radical (unpaired) electrons. The van der Waals surface area contributed by atoms with Crippen LogP contribution in [0.3, 0.4) is 0 Å². The minimum absolute atomic E-state index is 0.0673. The van der Waals surface area contributed by atoms with E-state index in [9.17, 15) is 0 Å². The Balaban J connectivity index is 1.54. The van der Waals surface area contributed by atoms with Gasteiger partial charge in [0.05, 0.1) is 12.9 Å². The van der Waals surface area contributed by atoms with Gasteiger partial charge in [0, 0.05) is 24.5 Å². The average molecular weight is 388 g/mol. The van der Waals surface area contributed by atoms with E-state index in [1.54, 1.807) is 12.5 Å². The van der Waals surface area contributed by atoms with Gasteiger partial charge in [-0.05, 0) is 30.7 Å². The van der Waals surface area contributed by atoms with Crippen LogP contribution in [0, 0.1) is 0 Å². The van der Waals surface area contributed by atoms with E-state index in [0.29, 0.717) is 12.4 Å². The largest absolute Gasteiger partial charge is 0.494 e. The third kappa shape index (κ3) is 4.41. The monoisotopic (exact) mass is 386 g/mol. The van der Waals surface area contributed by atoms with Crippen LogP contribution in [0.5, 0.6) is 5.75 Å². The minimum Gasteiger partial charge on any atom is -0.494 e. The molecule has 0 aliphatic rings. The predicted molar refractivity (Wildman–Crippen MR) is 91.3 cm³/mol. The fourth-order valence-electron chi connectivity index (χ4n) is 2.01. The normalized spacial score (nSPS) is 11.6. The van der Waals surface area contributed by atoms with E-state index in [4.69, 9.17) is 44.1 Å². The van der Waals surface area contributed by atoms with Gasteiger partial charge in [0.15, 0.2) is 0 Å². The molecule has 0 fully saturated rings. The molecule has 0 aliphatic carbocycles. The van der Waals surface area contributed by atoms with Crippen molar-refractivity contribution in [3.05, 3.63) is 48.9 Å². The fourth-order valence-corrected chi connectivity index (χ4v) is 2.24. The van der Waals surface area contributed by atoms with Crippen molar-refractivity contribution in [1.29, 1.82) is 0 Å². The highest BCUT2D eigenvalue weighted by molar-refractivity contribution is 6.66.